The Bertz CT molecular complexity index is 39.2. The van der Waals surface area contributed by atoms with Crippen molar-refractivity contribution in [1.29, 1.82) is 0 Å². The van der Waals surface area contributed by atoms with Gasteiger partial charge in [0, 0.05) is 0 Å². The lowest BCUT2D eigenvalue weighted by Crippen LogP contribution is -1.71. The fraction of sp³-hybridized carbons (Fsp3) is 0.800. The van der Waals surface area contributed by atoms with Crippen molar-refractivity contribution in [1.82, 2.24) is 0 Å². The summed E-state index contributed by atoms with van der Waals surface area (Å²) in [4.78, 5) is 3.84. The molecule has 0 fully saturated rings. The van der Waals surface area contributed by atoms with Crippen molar-refractivity contribution < 1.29 is 0 Å². The molecule has 0 spiro atoms. The number of rotatable bonds is 2. The molecule has 36 valence electrons. The third-order valence-electron chi connectivity index (χ3n) is 0.494. The predicted molar refractivity (Wildman–Crippen MR) is 28.3 cm³/mol. The van der Waals surface area contributed by atoms with E-state index in [9.17, 15) is 0 Å². The summed E-state index contributed by atoms with van der Waals surface area (Å²) in [6, 6.07) is 0. The predicted octanol–water partition coefficient (Wildman–Crippen LogP) is 1.36. The van der Waals surface area contributed by atoms with Crippen molar-refractivity contribution in [3.63, 3.8) is 0 Å². The van der Waals surface area contributed by atoms with Crippen LogP contribution in [0, 0.1) is 0 Å². The van der Waals surface area contributed by atoms with Gasteiger partial charge in [-0.1, -0.05) is 6.92 Å². The molecule has 1 heteroatoms. The lowest BCUT2D eigenvalue weighted by molar-refractivity contribution is 0.936. The molecule has 0 saturated carbocycles. The third-order valence-corrected chi connectivity index (χ3v) is 0.494. The van der Waals surface area contributed by atoms with Gasteiger partial charge in [-0.3, -0.25) is 0 Å². The van der Waals surface area contributed by atoms with Crippen LogP contribution in [-0.2, 0) is 0 Å². The van der Waals surface area contributed by atoms with Gasteiger partial charge in [0.25, 0.3) is 0 Å². The van der Waals surface area contributed by atoms with Crippen molar-refractivity contribution in [2.24, 2.45) is 4.99 Å². The van der Waals surface area contributed by atoms with E-state index < -0.39 is 0 Å². The van der Waals surface area contributed by atoms with E-state index in [0.29, 0.717) is 0 Å². The Labute approximate surface area is 39.1 Å². The van der Waals surface area contributed by atoms with Gasteiger partial charge in [-0.15, -0.1) is 0 Å². The van der Waals surface area contributed by atoms with E-state index in [0.717, 1.165) is 13.0 Å². The molecule has 0 bridgehead atoms. The molecule has 0 heterocycles. The van der Waals surface area contributed by atoms with Crippen LogP contribution in [0.2, 0.25) is 0 Å². The maximum atomic E-state index is 3.84. The van der Waals surface area contributed by atoms with Crippen molar-refractivity contribution in [2.75, 3.05) is 6.54 Å². The first-order chi connectivity index (χ1) is 2.91. The van der Waals surface area contributed by atoms with Gasteiger partial charge in [0.05, 0.1) is 0 Å². The summed E-state index contributed by atoms with van der Waals surface area (Å²) in [6.45, 7) is 4.84. The Morgan fingerprint density at radius 2 is 2.33 bits per heavy atom. The van der Waals surface area contributed by atoms with Gasteiger partial charge in [-0.05, 0) is 13.0 Å². The van der Waals surface area contributed by atoms with Crippen LogP contribution in [0.15, 0.2) is 4.99 Å². The molecule has 0 atom stereocenters. The van der Waals surface area contributed by atoms with Crippen molar-refractivity contribution >= 4 is 6.21 Å². The second kappa shape index (κ2) is 4.67. The molecule has 0 amide bonds. The van der Waals surface area contributed by atoms with Crippen LogP contribution in [-0.4, -0.2) is 12.8 Å². The van der Waals surface area contributed by atoms with E-state index in [-0.39, 0.29) is 0 Å². The van der Waals surface area contributed by atoms with E-state index in [2.05, 4.69) is 18.1 Å². The molecule has 0 aromatic rings. The zero-order valence-electron chi connectivity index (χ0n) is 4.36. The zero-order valence-corrected chi connectivity index (χ0v) is 4.36. The fourth-order valence-electron chi connectivity index (χ4n) is 0.224. The lowest BCUT2D eigenvalue weighted by Gasteiger charge is -1.91. The maximum Gasteiger partial charge on any atom is -0.000485 e. The van der Waals surface area contributed by atoms with Crippen LogP contribution in [0.4, 0.5) is 0 Å². The highest BCUT2D eigenvalue weighted by Gasteiger charge is 1.58. The van der Waals surface area contributed by atoms with Gasteiger partial charge in [-0.2, -0.15) is 6.92 Å². The molecule has 0 aliphatic heterocycles. The van der Waals surface area contributed by atoms with Crippen molar-refractivity contribution in [3.05, 3.63) is 0 Å². The fourth-order valence-corrected chi connectivity index (χ4v) is 0.224. The van der Waals surface area contributed by atoms with E-state index in [1.165, 1.54) is 0 Å². The average Bonchev–Trinajstić information content (AvgIpc) is 1.61. The number of aliphatic imine (C=N–C) groups is 1. The summed E-state index contributed by atoms with van der Waals surface area (Å²) in [5, 5.41) is 0. The van der Waals surface area contributed by atoms with Gasteiger partial charge in [0.1, 0.15) is 0 Å². The Morgan fingerprint density at radius 3 is 2.50 bits per heavy atom. The van der Waals surface area contributed by atoms with E-state index in [1.807, 2.05) is 6.92 Å². The molecule has 0 N–H and O–H groups in total. The quantitative estimate of drug-likeness (QED) is 0.354. The first-order valence-corrected chi connectivity index (χ1v) is 2.25. The Morgan fingerprint density at radius 1 is 1.67 bits per heavy atom. The zero-order chi connectivity index (χ0) is 4.83. The van der Waals surface area contributed by atoms with Crippen molar-refractivity contribution in [3.8, 4) is 0 Å². The minimum Gasteiger partial charge on any atom is -0.503 e. The molecule has 0 unspecified atom stereocenters. The maximum absolute atomic E-state index is 3.84. The monoisotopic (exact) mass is 84.1 g/mol. The molecule has 0 rings (SSSR count). The number of hydrogen-bond donors (Lipinski definition) is 0. The van der Waals surface area contributed by atoms with Crippen LogP contribution in [0.25, 0.3) is 0 Å². The molecule has 6 heavy (non-hydrogen) atoms. The van der Waals surface area contributed by atoms with Gasteiger partial charge in [-0.25, -0.2) is 0 Å². The van der Waals surface area contributed by atoms with E-state index in [1.54, 1.807) is 0 Å². The van der Waals surface area contributed by atoms with Gasteiger partial charge < -0.3 is 11.2 Å². The van der Waals surface area contributed by atoms with Crippen LogP contribution < -0.4 is 0 Å². The van der Waals surface area contributed by atoms with Gasteiger partial charge in [0.15, 0.2) is 0 Å². The number of nitrogens with zero attached hydrogens (tertiary/aromatic N) is 1. The summed E-state index contributed by atoms with van der Waals surface area (Å²) in [5.74, 6) is 0. The lowest BCUT2D eigenvalue weighted by atomic mass is 10.5. The minimum atomic E-state index is 0.927. The SMILES string of the molecule is C[C-]=NCCC. The van der Waals surface area contributed by atoms with Gasteiger partial charge in [0.2, 0.25) is 0 Å². The second-order valence-electron chi connectivity index (χ2n) is 1.11. The van der Waals surface area contributed by atoms with Crippen LogP contribution in [0.3, 0.4) is 0 Å². The molecule has 0 aliphatic rings. The van der Waals surface area contributed by atoms with Crippen molar-refractivity contribution in [2.45, 2.75) is 20.3 Å². The molecule has 1 nitrogen and oxygen atoms in total. The average molecular weight is 84.1 g/mol. The Hall–Kier alpha value is -0.330. The molecule has 0 aliphatic carbocycles. The number of hydrogen-bond acceptors (Lipinski definition) is 1. The first kappa shape index (κ1) is 5.67. The standard InChI is InChI=1S/C5H10N/c1-3-5-6-4-2/h3,5H2,1-2H3/q-1. The molecular weight excluding hydrogens is 74.1 g/mol. The molecule has 0 aromatic heterocycles. The highest BCUT2D eigenvalue weighted by Crippen LogP contribution is 1.72. The minimum absolute atomic E-state index is 0.927. The largest absolute Gasteiger partial charge is 0.503 e. The van der Waals surface area contributed by atoms with Crippen LogP contribution >= 0.6 is 0 Å². The normalized spacial score (nSPS) is 10.3. The highest BCUT2D eigenvalue weighted by molar-refractivity contribution is 5.53. The van der Waals surface area contributed by atoms with Crippen LogP contribution in [0.1, 0.15) is 20.3 Å². The van der Waals surface area contributed by atoms with Gasteiger partial charge >= 0.3 is 0 Å². The highest BCUT2D eigenvalue weighted by atomic mass is 14.7. The first-order valence-electron chi connectivity index (χ1n) is 2.25. The Kier molecular flexibility index (Phi) is 4.41. The summed E-state index contributed by atoms with van der Waals surface area (Å²) < 4.78 is 0. The van der Waals surface area contributed by atoms with E-state index in [4.69, 9.17) is 0 Å². The third kappa shape index (κ3) is 3.67. The summed E-state index contributed by atoms with van der Waals surface area (Å²) >= 11 is 0. The molecule has 0 saturated heterocycles. The Balaban J connectivity index is 2.66. The summed E-state index contributed by atoms with van der Waals surface area (Å²) in [5.41, 5.74) is 0. The van der Waals surface area contributed by atoms with E-state index >= 15 is 0 Å². The molecule has 0 radical (unpaired) electrons. The molecular formula is C5H10N-. The summed E-state index contributed by atoms with van der Waals surface area (Å²) in [6.07, 6.45) is 3.82. The van der Waals surface area contributed by atoms with Crippen LogP contribution in [0.5, 0.6) is 0 Å². The smallest absolute Gasteiger partial charge is 0.000485 e. The molecule has 0 aromatic carbocycles. The topological polar surface area (TPSA) is 12.4 Å². The summed E-state index contributed by atoms with van der Waals surface area (Å²) in [7, 11) is 0. The second-order valence-corrected chi connectivity index (χ2v) is 1.11.